The van der Waals surface area contributed by atoms with Crippen molar-refractivity contribution in [3.05, 3.63) is 0 Å². The molecule has 1 aliphatic heterocycles. The fraction of sp³-hybridized carbons (Fsp3) is 0.857. The normalized spacial score (nSPS) is 18.8. The van der Waals surface area contributed by atoms with Crippen molar-refractivity contribution < 1.29 is 19.8 Å². The Morgan fingerprint density at radius 3 is 1.40 bits per heavy atom. The second kappa shape index (κ2) is 8.21. The maximum atomic E-state index is 11.9. The topological polar surface area (TPSA) is 81.1 Å². The highest BCUT2D eigenvalue weighted by molar-refractivity contribution is 5.78. The number of carbonyl (C=O) groups is 2. The van der Waals surface area contributed by atoms with E-state index in [1.165, 1.54) is 0 Å². The molecular weight excluding hydrogens is 260 g/mol. The molecule has 1 heterocycles. The van der Waals surface area contributed by atoms with Gasteiger partial charge in [-0.25, -0.2) is 0 Å². The standard InChI is InChI=1S/C14H26N2O4/c1-11(17)3-5-13(19)15-7-9-16(10-8-15)14(20)6-4-12(2)18/h11-12,17-18H,3-10H2,1-2H3. The van der Waals surface area contributed by atoms with Gasteiger partial charge >= 0.3 is 0 Å². The second-order valence-electron chi connectivity index (χ2n) is 5.54. The second-order valence-corrected chi connectivity index (χ2v) is 5.54. The zero-order valence-corrected chi connectivity index (χ0v) is 12.4. The number of hydrogen-bond donors (Lipinski definition) is 2. The molecule has 2 N–H and O–H groups in total. The first-order valence-electron chi connectivity index (χ1n) is 7.32. The van der Waals surface area contributed by atoms with Crippen LogP contribution < -0.4 is 0 Å². The smallest absolute Gasteiger partial charge is 0.222 e. The molecule has 6 nitrogen and oxygen atoms in total. The van der Waals surface area contributed by atoms with Gasteiger partial charge in [-0.1, -0.05) is 0 Å². The van der Waals surface area contributed by atoms with Gasteiger partial charge in [0.2, 0.25) is 11.8 Å². The van der Waals surface area contributed by atoms with Crippen molar-refractivity contribution in [1.82, 2.24) is 9.80 Å². The van der Waals surface area contributed by atoms with E-state index in [2.05, 4.69) is 0 Å². The zero-order valence-electron chi connectivity index (χ0n) is 12.4. The molecule has 0 aliphatic carbocycles. The largest absolute Gasteiger partial charge is 0.393 e. The molecule has 116 valence electrons. The number of amides is 2. The van der Waals surface area contributed by atoms with Crippen LogP contribution in [0.4, 0.5) is 0 Å². The summed E-state index contributed by atoms with van der Waals surface area (Å²) in [6.45, 7) is 5.56. The molecule has 1 saturated heterocycles. The highest BCUT2D eigenvalue weighted by Gasteiger charge is 2.23. The molecular formula is C14H26N2O4. The molecule has 0 saturated carbocycles. The van der Waals surface area contributed by atoms with Gasteiger partial charge in [-0.15, -0.1) is 0 Å². The van der Waals surface area contributed by atoms with E-state index in [0.29, 0.717) is 51.9 Å². The highest BCUT2D eigenvalue weighted by atomic mass is 16.3. The molecule has 0 spiro atoms. The number of nitrogens with zero attached hydrogens (tertiary/aromatic N) is 2. The summed E-state index contributed by atoms with van der Waals surface area (Å²) >= 11 is 0. The van der Waals surface area contributed by atoms with Crippen LogP contribution in [0.15, 0.2) is 0 Å². The van der Waals surface area contributed by atoms with Crippen LogP contribution in [0, 0.1) is 0 Å². The summed E-state index contributed by atoms with van der Waals surface area (Å²) in [5.41, 5.74) is 0. The van der Waals surface area contributed by atoms with Crippen LogP contribution in [0.3, 0.4) is 0 Å². The molecule has 0 aromatic carbocycles. The van der Waals surface area contributed by atoms with Gasteiger partial charge in [0.25, 0.3) is 0 Å². The number of hydrogen-bond acceptors (Lipinski definition) is 4. The Labute approximate surface area is 120 Å². The fourth-order valence-corrected chi connectivity index (χ4v) is 2.19. The van der Waals surface area contributed by atoms with E-state index in [0.717, 1.165) is 0 Å². The van der Waals surface area contributed by atoms with Crippen LogP contribution in [0.1, 0.15) is 39.5 Å². The third kappa shape index (κ3) is 5.88. The summed E-state index contributed by atoms with van der Waals surface area (Å²) in [4.78, 5) is 27.2. The Balaban J connectivity index is 2.28. The fourth-order valence-electron chi connectivity index (χ4n) is 2.19. The van der Waals surface area contributed by atoms with Crippen LogP contribution in [0.25, 0.3) is 0 Å². The summed E-state index contributed by atoms with van der Waals surface area (Å²) in [7, 11) is 0. The van der Waals surface area contributed by atoms with Gasteiger partial charge < -0.3 is 20.0 Å². The minimum atomic E-state index is -0.456. The van der Waals surface area contributed by atoms with Crippen LogP contribution in [-0.2, 0) is 9.59 Å². The summed E-state index contributed by atoms with van der Waals surface area (Å²) < 4.78 is 0. The van der Waals surface area contributed by atoms with Crippen LogP contribution in [0.5, 0.6) is 0 Å². The molecule has 0 radical (unpaired) electrons. The summed E-state index contributed by atoms with van der Waals surface area (Å²) in [6, 6.07) is 0. The lowest BCUT2D eigenvalue weighted by Crippen LogP contribution is -2.50. The lowest BCUT2D eigenvalue weighted by molar-refractivity contribution is -0.140. The first kappa shape index (κ1) is 16.9. The third-order valence-corrected chi connectivity index (χ3v) is 3.54. The molecule has 1 fully saturated rings. The lowest BCUT2D eigenvalue weighted by atomic mass is 10.1. The Morgan fingerprint density at radius 1 is 0.850 bits per heavy atom. The predicted molar refractivity (Wildman–Crippen MR) is 75.0 cm³/mol. The van der Waals surface area contributed by atoms with E-state index in [9.17, 15) is 19.8 Å². The van der Waals surface area contributed by atoms with Crippen LogP contribution in [0.2, 0.25) is 0 Å². The summed E-state index contributed by atoms with van der Waals surface area (Å²) in [5, 5.41) is 18.3. The number of piperazine rings is 1. The monoisotopic (exact) mass is 286 g/mol. The van der Waals surface area contributed by atoms with E-state index < -0.39 is 12.2 Å². The molecule has 6 heteroatoms. The Bertz CT molecular complexity index is 291. The Hall–Kier alpha value is -1.14. The molecule has 2 atom stereocenters. The first-order chi connectivity index (χ1) is 9.40. The van der Waals surface area contributed by atoms with E-state index in [1.807, 2.05) is 0 Å². The molecule has 2 unspecified atom stereocenters. The van der Waals surface area contributed by atoms with Gasteiger partial charge in [0.15, 0.2) is 0 Å². The molecule has 0 bridgehead atoms. The Morgan fingerprint density at radius 2 is 1.15 bits per heavy atom. The first-order valence-corrected chi connectivity index (χ1v) is 7.32. The average Bonchev–Trinajstić information content (AvgIpc) is 2.42. The minimum Gasteiger partial charge on any atom is -0.393 e. The van der Waals surface area contributed by atoms with Crippen LogP contribution >= 0.6 is 0 Å². The maximum absolute atomic E-state index is 11.9. The third-order valence-electron chi connectivity index (χ3n) is 3.54. The summed E-state index contributed by atoms with van der Waals surface area (Å²) in [5.74, 6) is 0.0870. The zero-order chi connectivity index (χ0) is 15.1. The van der Waals surface area contributed by atoms with Crippen molar-refractivity contribution in [2.45, 2.75) is 51.7 Å². The molecule has 1 rings (SSSR count). The molecule has 0 aromatic heterocycles. The molecule has 2 amide bonds. The number of aliphatic hydroxyl groups is 2. The number of carbonyl (C=O) groups excluding carboxylic acids is 2. The Kier molecular flexibility index (Phi) is 6.95. The van der Waals surface area contributed by atoms with Gasteiger partial charge in [-0.05, 0) is 26.7 Å². The predicted octanol–water partition coefficient (Wildman–Crippen LogP) is -0.0208. The molecule has 20 heavy (non-hydrogen) atoms. The number of rotatable bonds is 6. The van der Waals surface area contributed by atoms with E-state index >= 15 is 0 Å². The van der Waals surface area contributed by atoms with Crippen molar-refractivity contribution in [3.8, 4) is 0 Å². The van der Waals surface area contributed by atoms with Crippen molar-refractivity contribution in [2.75, 3.05) is 26.2 Å². The average molecular weight is 286 g/mol. The molecule has 1 aliphatic rings. The van der Waals surface area contributed by atoms with Crippen molar-refractivity contribution >= 4 is 11.8 Å². The SMILES string of the molecule is CC(O)CCC(=O)N1CCN(C(=O)CCC(C)O)CC1. The maximum Gasteiger partial charge on any atom is 0.222 e. The van der Waals surface area contributed by atoms with Gasteiger partial charge in [-0.3, -0.25) is 9.59 Å². The van der Waals surface area contributed by atoms with E-state index in [4.69, 9.17) is 0 Å². The van der Waals surface area contributed by atoms with Gasteiger partial charge in [0.1, 0.15) is 0 Å². The highest BCUT2D eigenvalue weighted by Crippen LogP contribution is 2.09. The van der Waals surface area contributed by atoms with E-state index in [1.54, 1.807) is 23.6 Å². The van der Waals surface area contributed by atoms with Crippen molar-refractivity contribution in [1.29, 1.82) is 0 Å². The number of aliphatic hydroxyl groups excluding tert-OH is 2. The quantitative estimate of drug-likeness (QED) is 0.719. The lowest BCUT2D eigenvalue weighted by Gasteiger charge is -2.35. The molecule has 0 aromatic rings. The van der Waals surface area contributed by atoms with Crippen LogP contribution in [-0.4, -0.2) is 70.2 Å². The van der Waals surface area contributed by atoms with E-state index in [-0.39, 0.29) is 11.8 Å². The van der Waals surface area contributed by atoms with Crippen molar-refractivity contribution in [3.63, 3.8) is 0 Å². The van der Waals surface area contributed by atoms with Gasteiger partial charge in [-0.2, -0.15) is 0 Å². The minimum absolute atomic E-state index is 0.0435. The van der Waals surface area contributed by atoms with Crippen molar-refractivity contribution in [2.24, 2.45) is 0 Å². The van der Waals surface area contributed by atoms with Gasteiger partial charge in [0, 0.05) is 39.0 Å². The van der Waals surface area contributed by atoms with Gasteiger partial charge in [0.05, 0.1) is 12.2 Å². The summed E-state index contributed by atoms with van der Waals surface area (Å²) in [6.07, 6.45) is 0.754.